The standard InChI is InChI=1S/C17H20N4O2S/c1-11-13(9-20-21(11)2)8-18-17(23)19-10-14(22)16-7-12-5-3-4-6-15(12)24-16/h3-7,9,14,22H,8,10H2,1-2H3,(H2,18,19,23). The zero-order valence-electron chi connectivity index (χ0n) is 13.6. The Morgan fingerprint density at radius 3 is 2.88 bits per heavy atom. The van der Waals surface area contributed by atoms with Gasteiger partial charge in [0, 0.05) is 34.4 Å². The van der Waals surface area contributed by atoms with Crippen LogP contribution in [0.15, 0.2) is 36.5 Å². The van der Waals surface area contributed by atoms with Crippen molar-refractivity contribution in [1.82, 2.24) is 20.4 Å². The number of aliphatic hydroxyl groups is 1. The maximum Gasteiger partial charge on any atom is 0.315 e. The largest absolute Gasteiger partial charge is 0.386 e. The Morgan fingerprint density at radius 2 is 2.17 bits per heavy atom. The van der Waals surface area contributed by atoms with E-state index in [-0.39, 0.29) is 12.6 Å². The lowest BCUT2D eigenvalue weighted by molar-refractivity contribution is 0.176. The molecule has 0 aliphatic heterocycles. The first kappa shape index (κ1) is 16.5. The summed E-state index contributed by atoms with van der Waals surface area (Å²) in [5.41, 5.74) is 1.98. The van der Waals surface area contributed by atoms with Crippen molar-refractivity contribution in [1.29, 1.82) is 0 Å². The Kier molecular flexibility index (Phi) is 4.82. The number of amides is 2. The first-order chi connectivity index (χ1) is 11.5. The van der Waals surface area contributed by atoms with E-state index in [0.717, 1.165) is 26.2 Å². The van der Waals surface area contributed by atoms with Crippen LogP contribution < -0.4 is 10.6 Å². The predicted octanol–water partition coefficient (Wildman–Crippen LogP) is 2.48. The molecule has 0 bridgehead atoms. The van der Waals surface area contributed by atoms with E-state index in [1.807, 2.05) is 44.3 Å². The summed E-state index contributed by atoms with van der Waals surface area (Å²) in [6.45, 7) is 2.53. The minimum absolute atomic E-state index is 0.171. The molecule has 1 atom stereocenters. The van der Waals surface area contributed by atoms with E-state index in [1.165, 1.54) is 11.3 Å². The maximum atomic E-state index is 11.9. The van der Waals surface area contributed by atoms with E-state index in [2.05, 4.69) is 15.7 Å². The van der Waals surface area contributed by atoms with Gasteiger partial charge in [-0.15, -0.1) is 11.3 Å². The van der Waals surface area contributed by atoms with Crippen LogP contribution in [0.1, 0.15) is 22.2 Å². The molecule has 2 heterocycles. The monoisotopic (exact) mass is 344 g/mol. The van der Waals surface area contributed by atoms with Crippen LogP contribution in [0.2, 0.25) is 0 Å². The van der Waals surface area contributed by atoms with Gasteiger partial charge in [-0.05, 0) is 24.4 Å². The molecule has 3 N–H and O–H groups in total. The molecule has 24 heavy (non-hydrogen) atoms. The number of nitrogens with one attached hydrogen (secondary N) is 2. The molecule has 3 aromatic rings. The van der Waals surface area contributed by atoms with Gasteiger partial charge in [0.15, 0.2) is 0 Å². The number of nitrogens with zero attached hydrogens (tertiary/aromatic N) is 2. The Labute approximate surface area is 144 Å². The van der Waals surface area contributed by atoms with E-state index in [4.69, 9.17) is 0 Å². The number of aromatic nitrogens is 2. The van der Waals surface area contributed by atoms with Crippen molar-refractivity contribution < 1.29 is 9.90 Å². The molecule has 3 rings (SSSR count). The minimum atomic E-state index is -0.715. The number of aliphatic hydroxyl groups excluding tert-OH is 1. The molecule has 0 fully saturated rings. The molecule has 0 saturated carbocycles. The topological polar surface area (TPSA) is 79.2 Å². The summed E-state index contributed by atoms with van der Waals surface area (Å²) in [6, 6.07) is 9.63. The molecule has 1 aromatic carbocycles. The average molecular weight is 344 g/mol. The van der Waals surface area contributed by atoms with Crippen LogP contribution >= 0.6 is 11.3 Å². The van der Waals surface area contributed by atoms with Gasteiger partial charge in [0.05, 0.1) is 12.7 Å². The van der Waals surface area contributed by atoms with Gasteiger partial charge in [-0.3, -0.25) is 4.68 Å². The number of benzene rings is 1. The van der Waals surface area contributed by atoms with Gasteiger partial charge < -0.3 is 15.7 Å². The van der Waals surface area contributed by atoms with Crippen LogP contribution in [-0.2, 0) is 13.6 Å². The second-order valence-electron chi connectivity index (χ2n) is 5.64. The number of carbonyl (C=O) groups is 1. The number of hydrogen-bond acceptors (Lipinski definition) is 4. The second kappa shape index (κ2) is 7.02. The third-order valence-corrected chi connectivity index (χ3v) is 5.22. The van der Waals surface area contributed by atoms with Gasteiger partial charge in [0.1, 0.15) is 6.10 Å². The SMILES string of the molecule is Cc1c(CNC(=O)NCC(O)c2cc3ccccc3s2)cnn1C. The molecule has 0 spiro atoms. The fourth-order valence-electron chi connectivity index (χ4n) is 2.41. The van der Waals surface area contributed by atoms with Crippen LogP contribution in [-0.4, -0.2) is 27.5 Å². The molecule has 7 heteroatoms. The highest BCUT2D eigenvalue weighted by molar-refractivity contribution is 7.19. The van der Waals surface area contributed by atoms with Gasteiger partial charge >= 0.3 is 6.03 Å². The van der Waals surface area contributed by atoms with Crippen molar-refractivity contribution >= 4 is 27.5 Å². The zero-order valence-corrected chi connectivity index (χ0v) is 14.4. The molecule has 0 aliphatic carbocycles. The molecular formula is C17H20N4O2S. The van der Waals surface area contributed by atoms with Crippen molar-refractivity contribution in [3.8, 4) is 0 Å². The van der Waals surface area contributed by atoms with Crippen molar-refractivity contribution in [2.45, 2.75) is 19.6 Å². The second-order valence-corrected chi connectivity index (χ2v) is 6.76. The predicted molar refractivity (Wildman–Crippen MR) is 95.0 cm³/mol. The molecule has 2 aromatic heterocycles. The molecule has 0 radical (unpaired) electrons. The summed E-state index contributed by atoms with van der Waals surface area (Å²) in [4.78, 5) is 12.7. The lowest BCUT2D eigenvalue weighted by atomic mass is 10.2. The lowest BCUT2D eigenvalue weighted by Gasteiger charge is -2.11. The highest BCUT2D eigenvalue weighted by atomic mass is 32.1. The van der Waals surface area contributed by atoms with E-state index < -0.39 is 6.10 Å². The van der Waals surface area contributed by atoms with Crippen molar-refractivity contribution in [3.63, 3.8) is 0 Å². The fraction of sp³-hybridized carbons (Fsp3) is 0.294. The van der Waals surface area contributed by atoms with Crippen LogP contribution in [0.4, 0.5) is 4.79 Å². The van der Waals surface area contributed by atoms with Crippen LogP contribution in [0, 0.1) is 6.92 Å². The van der Waals surface area contributed by atoms with E-state index in [0.29, 0.717) is 6.54 Å². The highest BCUT2D eigenvalue weighted by Crippen LogP contribution is 2.29. The summed E-state index contributed by atoms with van der Waals surface area (Å²) in [5, 5.41) is 21.0. The Hall–Kier alpha value is -2.38. The number of thiophene rings is 1. The third kappa shape index (κ3) is 3.58. The van der Waals surface area contributed by atoms with E-state index in [1.54, 1.807) is 10.9 Å². The summed E-state index contributed by atoms with van der Waals surface area (Å²) >= 11 is 1.54. The first-order valence-electron chi connectivity index (χ1n) is 7.70. The first-order valence-corrected chi connectivity index (χ1v) is 8.52. The number of hydrogen-bond donors (Lipinski definition) is 3. The summed E-state index contributed by atoms with van der Waals surface area (Å²) in [7, 11) is 1.86. The summed E-state index contributed by atoms with van der Waals surface area (Å²) < 4.78 is 2.89. The van der Waals surface area contributed by atoms with Gasteiger partial charge in [-0.2, -0.15) is 5.10 Å². The Balaban J connectivity index is 1.51. The quantitative estimate of drug-likeness (QED) is 0.665. The zero-order chi connectivity index (χ0) is 17.1. The van der Waals surface area contributed by atoms with Crippen LogP contribution in [0.3, 0.4) is 0 Å². The van der Waals surface area contributed by atoms with Crippen molar-refractivity contribution in [2.75, 3.05) is 6.54 Å². The van der Waals surface area contributed by atoms with Crippen molar-refractivity contribution in [2.24, 2.45) is 7.05 Å². The smallest absolute Gasteiger partial charge is 0.315 e. The van der Waals surface area contributed by atoms with E-state index >= 15 is 0 Å². The molecule has 2 amide bonds. The summed E-state index contributed by atoms with van der Waals surface area (Å²) in [5.74, 6) is 0. The Bertz CT molecular complexity index is 822. The number of aryl methyl sites for hydroxylation is 1. The fourth-order valence-corrected chi connectivity index (χ4v) is 3.46. The summed E-state index contributed by atoms with van der Waals surface area (Å²) in [6.07, 6.45) is 1.02. The number of fused-ring (bicyclic) bond motifs is 1. The molecule has 1 unspecified atom stereocenters. The van der Waals surface area contributed by atoms with Gasteiger partial charge in [-0.1, -0.05) is 18.2 Å². The van der Waals surface area contributed by atoms with Gasteiger partial charge in [0.25, 0.3) is 0 Å². The Morgan fingerprint density at radius 1 is 1.38 bits per heavy atom. The average Bonchev–Trinajstić information content (AvgIpc) is 3.15. The maximum absolute atomic E-state index is 11.9. The molecule has 0 saturated heterocycles. The third-order valence-electron chi connectivity index (χ3n) is 4.01. The number of carbonyl (C=O) groups excluding carboxylic acids is 1. The highest BCUT2D eigenvalue weighted by Gasteiger charge is 2.13. The number of rotatable bonds is 5. The van der Waals surface area contributed by atoms with Crippen LogP contribution in [0.5, 0.6) is 0 Å². The minimum Gasteiger partial charge on any atom is -0.386 e. The molecular weight excluding hydrogens is 324 g/mol. The van der Waals surface area contributed by atoms with Gasteiger partial charge in [0.2, 0.25) is 0 Å². The number of urea groups is 1. The van der Waals surface area contributed by atoms with E-state index in [9.17, 15) is 9.90 Å². The molecule has 6 nitrogen and oxygen atoms in total. The normalized spacial score (nSPS) is 12.3. The van der Waals surface area contributed by atoms with Crippen LogP contribution in [0.25, 0.3) is 10.1 Å². The molecule has 126 valence electrons. The molecule has 0 aliphatic rings. The van der Waals surface area contributed by atoms with Crippen molar-refractivity contribution in [3.05, 3.63) is 52.7 Å². The lowest BCUT2D eigenvalue weighted by Crippen LogP contribution is -2.37. The van der Waals surface area contributed by atoms with Gasteiger partial charge in [-0.25, -0.2) is 4.79 Å².